The molecule has 0 amide bonds. The molecule has 0 unspecified atom stereocenters. The summed E-state index contributed by atoms with van der Waals surface area (Å²) in [4.78, 5) is 0. The van der Waals surface area contributed by atoms with Crippen molar-refractivity contribution in [1.82, 2.24) is 14.9 Å². The van der Waals surface area contributed by atoms with E-state index in [0.717, 1.165) is 22.7 Å². The molecule has 130 valence electrons. The summed E-state index contributed by atoms with van der Waals surface area (Å²) in [6, 6.07) is 13.3. The van der Waals surface area contributed by atoms with Crippen molar-refractivity contribution >= 4 is 35.4 Å². The summed E-state index contributed by atoms with van der Waals surface area (Å²) in [6.45, 7) is 2.88. The number of aromatic amines is 1. The summed E-state index contributed by atoms with van der Waals surface area (Å²) in [5.74, 6) is 1.55. The van der Waals surface area contributed by atoms with Gasteiger partial charge in [-0.2, -0.15) is 5.10 Å². The Kier molecular flexibility index (Phi) is 5.63. The normalized spacial score (nSPS) is 10.7. The van der Waals surface area contributed by atoms with Crippen molar-refractivity contribution in [2.45, 2.75) is 20.1 Å². The van der Waals surface area contributed by atoms with Crippen molar-refractivity contribution < 1.29 is 4.74 Å². The molecule has 0 atom stereocenters. The van der Waals surface area contributed by atoms with Gasteiger partial charge in [-0.25, -0.2) is 4.68 Å². The summed E-state index contributed by atoms with van der Waals surface area (Å²) in [6.07, 6.45) is 0. The summed E-state index contributed by atoms with van der Waals surface area (Å²) < 4.78 is 8.10. The van der Waals surface area contributed by atoms with Gasteiger partial charge in [0.1, 0.15) is 18.2 Å². The monoisotopic (exact) mass is 394 g/mol. The smallest absolute Gasteiger partial charge is 0.214 e. The Morgan fingerprint density at radius 3 is 2.72 bits per heavy atom. The molecule has 0 saturated carbocycles. The number of halogens is 2. The minimum atomic E-state index is 0.416. The molecule has 0 aliphatic rings. The van der Waals surface area contributed by atoms with Gasteiger partial charge in [0, 0.05) is 0 Å². The lowest BCUT2D eigenvalue weighted by atomic mass is 10.2. The summed E-state index contributed by atoms with van der Waals surface area (Å²) in [7, 11) is 0. The molecule has 0 saturated heterocycles. The Hall–Kier alpha value is -2.02. The van der Waals surface area contributed by atoms with E-state index in [4.69, 9.17) is 40.2 Å². The zero-order chi connectivity index (χ0) is 17.8. The number of aryl methyl sites for hydroxylation is 1. The first-order valence-electron chi connectivity index (χ1n) is 7.56. The fourth-order valence-corrected chi connectivity index (χ4v) is 2.84. The second-order valence-electron chi connectivity index (χ2n) is 5.43. The van der Waals surface area contributed by atoms with E-state index in [9.17, 15) is 0 Å². The SMILES string of the molecule is Cc1n[nH]c(=S)n1NCc1cccc(OCc2ccc(Cl)c(Cl)c2)c1. The Morgan fingerprint density at radius 1 is 1.16 bits per heavy atom. The highest BCUT2D eigenvalue weighted by atomic mass is 35.5. The van der Waals surface area contributed by atoms with Crippen LogP contribution in [0, 0.1) is 11.7 Å². The van der Waals surface area contributed by atoms with Gasteiger partial charge >= 0.3 is 0 Å². The van der Waals surface area contributed by atoms with Crippen molar-refractivity contribution in [2.75, 3.05) is 5.43 Å². The molecule has 5 nitrogen and oxygen atoms in total. The van der Waals surface area contributed by atoms with Crippen LogP contribution in [-0.2, 0) is 13.2 Å². The highest BCUT2D eigenvalue weighted by molar-refractivity contribution is 7.71. The predicted molar refractivity (Wildman–Crippen MR) is 102 cm³/mol. The van der Waals surface area contributed by atoms with Gasteiger partial charge in [0.2, 0.25) is 4.77 Å². The third kappa shape index (κ3) is 4.54. The van der Waals surface area contributed by atoms with Crippen LogP contribution in [0.4, 0.5) is 0 Å². The molecular formula is C17H16Cl2N4OS. The molecule has 0 fully saturated rings. The molecule has 3 aromatic rings. The van der Waals surface area contributed by atoms with E-state index in [1.807, 2.05) is 37.3 Å². The van der Waals surface area contributed by atoms with Gasteiger partial charge in [-0.15, -0.1) is 0 Å². The lowest BCUT2D eigenvalue weighted by molar-refractivity contribution is 0.306. The molecule has 2 aromatic carbocycles. The highest BCUT2D eigenvalue weighted by Crippen LogP contribution is 2.23. The van der Waals surface area contributed by atoms with Crippen LogP contribution in [0.3, 0.4) is 0 Å². The average Bonchev–Trinajstić information content (AvgIpc) is 2.93. The van der Waals surface area contributed by atoms with E-state index >= 15 is 0 Å². The van der Waals surface area contributed by atoms with Gasteiger partial charge in [-0.05, 0) is 54.5 Å². The maximum atomic E-state index is 6.02. The van der Waals surface area contributed by atoms with Crippen LogP contribution in [0.5, 0.6) is 5.75 Å². The number of H-pyrrole nitrogens is 1. The van der Waals surface area contributed by atoms with Crippen LogP contribution in [-0.4, -0.2) is 14.9 Å². The molecule has 0 radical (unpaired) electrons. The van der Waals surface area contributed by atoms with E-state index in [0.29, 0.717) is 28.0 Å². The highest BCUT2D eigenvalue weighted by Gasteiger charge is 2.03. The van der Waals surface area contributed by atoms with Crippen molar-refractivity contribution in [3.63, 3.8) is 0 Å². The number of hydrogen-bond donors (Lipinski definition) is 2. The fourth-order valence-electron chi connectivity index (χ4n) is 2.27. The van der Waals surface area contributed by atoms with Crippen LogP contribution in [0.2, 0.25) is 10.0 Å². The number of nitrogens with zero attached hydrogens (tertiary/aromatic N) is 2. The zero-order valence-corrected chi connectivity index (χ0v) is 15.8. The Balaban J connectivity index is 1.63. The van der Waals surface area contributed by atoms with Gasteiger partial charge in [-0.1, -0.05) is 41.4 Å². The van der Waals surface area contributed by atoms with Gasteiger partial charge in [-0.3, -0.25) is 5.10 Å². The third-order valence-corrected chi connectivity index (χ3v) is 4.58. The van der Waals surface area contributed by atoms with Crippen LogP contribution in [0.1, 0.15) is 17.0 Å². The van der Waals surface area contributed by atoms with Crippen LogP contribution >= 0.6 is 35.4 Å². The maximum absolute atomic E-state index is 6.02. The minimum absolute atomic E-state index is 0.416. The number of benzene rings is 2. The molecular weight excluding hydrogens is 379 g/mol. The molecule has 3 rings (SSSR count). The molecule has 0 aliphatic carbocycles. The average molecular weight is 395 g/mol. The lowest BCUT2D eigenvalue weighted by Gasteiger charge is -2.11. The van der Waals surface area contributed by atoms with E-state index in [1.165, 1.54) is 0 Å². The van der Waals surface area contributed by atoms with Crippen molar-refractivity contribution in [1.29, 1.82) is 0 Å². The van der Waals surface area contributed by atoms with Gasteiger partial charge in [0.05, 0.1) is 16.6 Å². The van der Waals surface area contributed by atoms with Crippen LogP contribution in [0.25, 0.3) is 0 Å². The van der Waals surface area contributed by atoms with Gasteiger partial charge < -0.3 is 10.2 Å². The Bertz CT molecular complexity index is 938. The molecule has 8 heteroatoms. The zero-order valence-electron chi connectivity index (χ0n) is 13.4. The molecule has 1 heterocycles. The van der Waals surface area contributed by atoms with Crippen LogP contribution in [0.15, 0.2) is 42.5 Å². The Morgan fingerprint density at radius 2 is 2.00 bits per heavy atom. The maximum Gasteiger partial charge on any atom is 0.214 e. The predicted octanol–water partition coefficient (Wildman–Crippen LogP) is 4.88. The number of aromatic nitrogens is 3. The number of ether oxygens (including phenoxy) is 1. The topological polar surface area (TPSA) is 54.9 Å². The van der Waals surface area contributed by atoms with Crippen molar-refractivity contribution in [3.8, 4) is 5.75 Å². The summed E-state index contributed by atoms with van der Waals surface area (Å²) >= 11 is 17.1. The standard InChI is InChI=1S/C17H16Cl2N4OS/c1-11-21-22-17(25)23(11)20-9-12-3-2-4-14(7-12)24-10-13-5-6-15(18)16(19)8-13/h2-8,20H,9-10H2,1H3,(H,22,25). The number of rotatable bonds is 6. The fraction of sp³-hybridized carbons (Fsp3) is 0.176. The van der Waals surface area contributed by atoms with Gasteiger partial charge in [0.15, 0.2) is 0 Å². The molecule has 2 N–H and O–H groups in total. The third-order valence-electron chi connectivity index (χ3n) is 3.57. The largest absolute Gasteiger partial charge is 0.489 e. The van der Waals surface area contributed by atoms with E-state index in [-0.39, 0.29) is 0 Å². The van der Waals surface area contributed by atoms with Crippen molar-refractivity contribution in [2.24, 2.45) is 0 Å². The lowest BCUT2D eigenvalue weighted by Crippen LogP contribution is -2.16. The number of hydrogen-bond acceptors (Lipinski definition) is 4. The molecule has 0 spiro atoms. The molecule has 1 aromatic heterocycles. The second kappa shape index (κ2) is 7.91. The first-order valence-corrected chi connectivity index (χ1v) is 8.73. The Labute approximate surface area is 160 Å². The van der Waals surface area contributed by atoms with E-state index < -0.39 is 0 Å². The van der Waals surface area contributed by atoms with Gasteiger partial charge in [0.25, 0.3) is 0 Å². The first-order chi connectivity index (χ1) is 12.0. The molecule has 0 aliphatic heterocycles. The first kappa shape index (κ1) is 17.8. The van der Waals surface area contributed by atoms with E-state index in [1.54, 1.807) is 16.8 Å². The van der Waals surface area contributed by atoms with Crippen molar-refractivity contribution in [3.05, 3.63) is 74.2 Å². The quantitative estimate of drug-likeness (QED) is 0.585. The number of nitrogens with one attached hydrogen (secondary N) is 2. The minimum Gasteiger partial charge on any atom is -0.489 e. The molecule has 0 bridgehead atoms. The second-order valence-corrected chi connectivity index (χ2v) is 6.63. The summed E-state index contributed by atoms with van der Waals surface area (Å²) in [5, 5.41) is 7.86. The molecule has 25 heavy (non-hydrogen) atoms. The summed E-state index contributed by atoms with van der Waals surface area (Å²) in [5.41, 5.74) is 5.24. The van der Waals surface area contributed by atoms with E-state index in [2.05, 4.69) is 15.6 Å². The van der Waals surface area contributed by atoms with Crippen LogP contribution < -0.4 is 10.2 Å².